The second-order valence-electron chi connectivity index (χ2n) is 4.94. The van der Waals surface area contributed by atoms with E-state index in [2.05, 4.69) is 27.4 Å². The maximum atomic E-state index is 5.02. The molecule has 1 fully saturated rings. The fourth-order valence-electron chi connectivity index (χ4n) is 2.26. The van der Waals surface area contributed by atoms with E-state index in [9.17, 15) is 0 Å². The molecule has 0 aromatic heterocycles. The average molecular weight is 270 g/mol. The van der Waals surface area contributed by atoms with Crippen molar-refractivity contribution in [3.63, 3.8) is 0 Å². The normalized spacial score (nSPS) is 16.8. The van der Waals surface area contributed by atoms with Gasteiger partial charge in [0, 0.05) is 26.7 Å². The van der Waals surface area contributed by atoms with Crippen molar-refractivity contribution < 1.29 is 4.74 Å². The van der Waals surface area contributed by atoms with E-state index in [1.54, 1.807) is 7.11 Å². The highest BCUT2D eigenvalue weighted by Crippen LogP contribution is 2.08. The molecule has 0 unspecified atom stereocenters. The lowest BCUT2D eigenvalue weighted by molar-refractivity contribution is 0.203. The Hall–Kier alpha value is -0.810. The number of unbranched alkanes of at least 4 members (excludes halogenated alkanes) is 1. The third-order valence-corrected chi connectivity index (χ3v) is 3.29. The lowest BCUT2D eigenvalue weighted by Gasteiger charge is -2.14. The summed E-state index contributed by atoms with van der Waals surface area (Å²) >= 11 is 0. The van der Waals surface area contributed by atoms with Crippen LogP contribution < -0.4 is 10.6 Å². The molecule has 2 N–H and O–H groups in total. The van der Waals surface area contributed by atoms with Gasteiger partial charge in [-0.25, -0.2) is 0 Å². The van der Waals surface area contributed by atoms with Gasteiger partial charge < -0.3 is 20.3 Å². The van der Waals surface area contributed by atoms with Gasteiger partial charge in [-0.3, -0.25) is 4.99 Å². The van der Waals surface area contributed by atoms with Crippen molar-refractivity contribution in [1.29, 1.82) is 0 Å². The molecule has 5 nitrogen and oxygen atoms in total. The molecule has 0 radical (unpaired) electrons. The summed E-state index contributed by atoms with van der Waals surface area (Å²) in [5, 5.41) is 6.50. The number of nitrogens with zero attached hydrogens (tertiary/aromatic N) is 2. The first-order valence-corrected chi connectivity index (χ1v) is 7.60. The van der Waals surface area contributed by atoms with Crippen molar-refractivity contribution >= 4 is 5.96 Å². The topological polar surface area (TPSA) is 48.9 Å². The molecule has 1 rings (SSSR count). The number of ether oxygens (including phenoxy) is 1. The zero-order chi connectivity index (χ0) is 13.8. The minimum absolute atomic E-state index is 0.708. The summed E-state index contributed by atoms with van der Waals surface area (Å²) in [6, 6.07) is 0. The number of rotatable bonds is 9. The molecule has 0 spiro atoms. The van der Waals surface area contributed by atoms with E-state index in [4.69, 9.17) is 4.74 Å². The summed E-state index contributed by atoms with van der Waals surface area (Å²) in [4.78, 5) is 7.13. The molecule has 5 heteroatoms. The van der Waals surface area contributed by atoms with Crippen molar-refractivity contribution in [2.45, 2.75) is 32.6 Å². The number of methoxy groups -OCH3 is 1. The van der Waals surface area contributed by atoms with E-state index in [1.165, 1.54) is 38.9 Å². The summed E-state index contributed by atoms with van der Waals surface area (Å²) in [6.07, 6.45) is 5.18. The standard InChI is InChI=1S/C14H30N4O/c1-3-15-14(17-9-13-19-2)16-8-4-5-10-18-11-6-7-12-18/h3-13H2,1-2H3,(H2,15,16,17). The van der Waals surface area contributed by atoms with E-state index < -0.39 is 0 Å². The van der Waals surface area contributed by atoms with Gasteiger partial charge in [-0.05, 0) is 52.2 Å². The van der Waals surface area contributed by atoms with Crippen LogP contribution >= 0.6 is 0 Å². The van der Waals surface area contributed by atoms with E-state index in [0.29, 0.717) is 6.61 Å². The Bertz CT molecular complexity index is 240. The summed E-state index contributed by atoms with van der Waals surface area (Å²) in [5.74, 6) is 0.903. The molecule has 0 saturated carbocycles. The fraction of sp³-hybridized carbons (Fsp3) is 0.929. The van der Waals surface area contributed by atoms with Gasteiger partial charge in [-0.1, -0.05) is 0 Å². The van der Waals surface area contributed by atoms with Crippen LogP contribution in [0.3, 0.4) is 0 Å². The summed E-state index contributed by atoms with van der Waals surface area (Å²) in [5.41, 5.74) is 0. The van der Waals surface area contributed by atoms with E-state index in [1.807, 2.05) is 0 Å². The Balaban J connectivity index is 2.07. The predicted octanol–water partition coefficient (Wildman–Crippen LogP) is 1.06. The Labute approximate surface area is 117 Å². The first-order chi connectivity index (χ1) is 9.36. The second kappa shape index (κ2) is 11.1. The summed E-state index contributed by atoms with van der Waals surface area (Å²) < 4.78 is 5.02. The molecular formula is C14H30N4O. The first kappa shape index (κ1) is 16.2. The fourth-order valence-corrected chi connectivity index (χ4v) is 2.26. The van der Waals surface area contributed by atoms with E-state index >= 15 is 0 Å². The minimum atomic E-state index is 0.708. The van der Waals surface area contributed by atoms with Crippen molar-refractivity contribution in [3.8, 4) is 0 Å². The molecule has 1 aliphatic rings. The average Bonchev–Trinajstić information content (AvgIpc) is 2.91. The third-order valence-electron chi connectivity index (χ3n) is 3.29. The van der Waals surface area contributed by atoms with E-state index in [0.717, 1.165) is 32.0 Å². The van der Waals surface area contributed by atoms with Gasteiger partial charge in [0.2, 0.25) is 0 Å². The smallest absolute Gasteiger partial charge is 0.191 e. The second-order valence-corrected chi connectivity index (χ2v) is 4.94. The summed E-state index contributed by atoms with van der Waals surface area (Å²) in [7, 11) is 1.71. The minimum Gasteiger partial charge on any atom is -0.383 e. The molecule has 112 valence electrons. The molecule has 1 heterocycles. The zero-order valence-electron chi connectivity index (χ0n) is 12.6. The SMILES string of the molecule is CCNC(=NCCCCN1CCCC1)NCCOC. The van der Waals surface area contributed by atoms with Crippen molar-refractivity contribution in [2.75, 3.05) is 53.0 Å². The third kappa shape index (κ3) is 8.06. The van der Waals surface area contributed by atoms with Crippen LogP contribution in [0.4, 0.5) is 0 Å². The van der Waals surface area contributed by atoms with Crippen LogP contribution in [0.1, 0.15) is 32.6 Å². The summed E-state index contributed by atoms with van der Waals surface area (Å²) in [6.45, 7) is 9.22. The molecule has 0 amide bonds. The van der Waals surface area contributed by atoms with Gasteiger partial charge in [0.05, 0.1) is 6.61 Å². The van der Waals surface area contributed by atoms with Gasteiger partial charge in [-0.15, -0.1) is 0 Å². The van der Waals surface area contributed by atoms with Crippen LogP contribution in [0.2, 0.25) is 0 Å². The van der Waals surface area contributed by atoms with Crippen molar-refractivity contribution in [2.24, 2.45) is 4.99 Å². The molecule has 1 aliphatic heterocycles. The number of guanidine groups is 1. The van der Waals surface area contributed by atoms with E-state index in [-0.39, 0.29) is 0 Å². The Kier molecular flexibility index (Phi) is 9.45. The van der Waals surface area contributed by atoms with Crippen LogP contribution in [0.5, 0.6) is 0 Å². The van der Waals surface area contributed by atoms with Crippen LogP contribution in [0.25, 0.3) is 0 Å². The van der Waals surface area contributed by atoms with Crippen LogP contribution in [-0.4, -0.2) is 63.8 Å². The van der Waals surface area contributed by atoms with Crippen LogP contribution in [0, 0.1) is 0 Å². The van der Waals surface area contributed by atoms with Gasteiger partial charge in [0.15, 0.2) is 5.96 Å². The van der Waals surface area contributed by atoms with Gasteiger partial charge in [0.25, 0.3) is 0 Å². The molecule has 1 saturated heterocycles. The molecule has 19 heavy (non-hydrogen) atoms. The highest BCUT2D eigenvalue weighted by Gasteiger charge is 2.09. The predicted molar refractivity (Wildman–Crippen MR) is 80.8 cm³/mol. The van der Waals surface area contributed by atoms with Gasteiger partial charge in [0.1, 0.15) is 0 Å². The van der Waals surface area contributed by atoms with Crippen LogP contribution in [-0.2, 0) is 4.74 Å². The quantitative estimate of drug-likeness (QED) is 0.374. The number of likely N-dealkylation sites (tertiary alicyclic amines) is 1. The Morgan fingerprint density at radius 1 is 1.21 bits per heavy atom. The monoisotopic (exact) mass is 270 g/mol. The molecule has 0 aromatic rings. The van der Waals surface area contributed by atoms with Gasteiger partial charge >= 0.3 is 0 Å². The lowest BCUT2D eigenvalue weighted by Crippen LogP contribution is -2.39. The van der Waals surface area contributed by atoms with Crippen LogP contribution in [0.15, 0.2) is 4.99 Å². The Morgan fingerprint density at radius 3 is 2.68 bits per heavy atom. The molecular weight excluding hydrogens is 240 g/mol. The molecule has 0 aliphatic carbocycles. The van der Waals surface area contributed by atoms with Gasteiger partial charge in [-0.2, -0.15) is 0 Å². The largest absolute Gasteiger partial charge is 0.383 e. The number of hydrogen-bond acceptors (Lipinski definition) is 3. The number of nitrogens with one attached hydrogen (secondary N) is 2. The number of aliphatic imine (C=N–C) groups is 1. The Morgan fingerprint density at radius 2 is 2.00 bits per heavy atom. The maximum Gasteiger partial charge on any atom is 0.191 e. The maximum absolute atomic E-state index is 5.02. The lowest BCUT2D eigenvalue weighted by atomic mass is 10.3. The highest BCUT2D eigenvalue weighted by molar-refractivity contribution is 5.79. The van der Waals surface area contributed by atoms with Crippen molar-refractivity contribution in [3.05, 3.63) is 0 Å². The first-order valence-electron chi connectivity index (χ1n) is 7.60. The molecule has 0 aromatic carbocycles. The molecule has 0 bridgehead atoms. The molecule has 0 atom stereocenters. The number of hydrogen-bond donors (Lipinski definition) is 2. The zero-order valence-corrected chi connectivity index (χ0v) is 12.6. The highest BCUT2D eigenvalue weighted by atomic mass is 16.5. The van der Waals surface area contributed by atoms with Crippen molar-refractivity contribution in [1.82, 2.24) is 15.5 Å².